The highest BCUT2D eigenvalue weighted by atomic mass is 32.2. The van der Waals surface area contributed by atoms with Crippen molar-refractivity contribution in [3.05, 3.63) is 0 Å². The fraction of sp³-hybridized carbons (Fsp3) is 1.00. The van der Waals surface area contributed by atoms with Crippen LogP contribution in [0.5, 0.6) is 0 Å². The third-order valence-corrected chi connectivity index (χ3v) is 4.92. The molecule has 0 aromatic carbocycles. The molecule has 2 unspecified atom stereocenters. The number of rotatable bonds is 5. The average molecular weight is 213 g/mol. The van der Waals surface area contributed by atoms with Gasteiger partial charge in [0.1, 0.15) is 0 Å². The van der Waals surface area contributed by atoms with Crippen molar-refractivity contribution in [2.24, 2.45) is 11.8 Å². The van der Waals surface area contributed by atoms with E-state index in [2.05, 4.69) is 24.0 Å². The lowest BCUT2D eigenvalue weighted by atomic mass is 9.81. The number of thioether (sulfide) groups is 1. The summed E-state index contributed by atoms with van der Waals surface area (Å²) in [6.45, 7) is 3.63. The van der Waals surface area contributed by atoms with Crippen LogP contribution in [0, 0.1) is 11.8 Å². The van der Waals surface area contributed by atoms with Crippen molar-refractivity contribution in [1.82, 2.24) is 5.32 Å². The van der Waals surface area contributed by atoms with Gasteiger partial charge in [-0.2, -0.15) is 11.8 Å². The van der Waals surface area contributed by atoms with Gasteiger partial charge in [-0.05, 0) is 49.7 Å². The van der Waals surface area contributed by atoms with Gasteiger partial charge in [0.2, 0.25) is 0 Å². The minimum Gasteiger partial charge on any atom is -0.314 e. The minimum absolute atomic E-state index is 0.755. The first kappa shape index (κ1) is 10.8. The predicted molar refractivity (Wildman–Crippen MR) is 64.9 cm³/mol. The van der Waals surface area contributed by atoms with E-state index in [1.807, 2.05) is 0 Å². The van der Waals surface area contributed by atoms with Crippen LogP contribution in [0.15, 0.2) is 0 Å². The van der Waals surface area contributed by atoms with Gasteiger partial charge in [-0.25, -0.2) is 0 Å². The van der Waals surface area contributed by atoms with Crippen LogP contribution in [0.3, 0.4) is 0 Å². The summed E-state index contributed by atoms with van der Waals surface area (Å²) in [5.41, 5.74) is 0. The molecule has 1 saturated carbocycles. The van der Waals surface area contributed by atoms with Gasteiger partial charge in [0.05, 0.1) is 0 Å². The standard InChI is InChI=1S/C12H23NS/c1-10(7-11-3-2-4-11)13-8-12-5-6-14-9-12/h10-13H,2-9H2,1H3. The zero-order valence-electron chi connectivity index (χ0n) is 9.30. The second kappa shape index (κ2) is 5.41. The van der Waals surface area contributed by atoms with Crippen LogP contribution < -0.4 is 5.32 Å². The summed E-state index contributed by atoms with van der Waals surface area (Å²) in [6, 6.07) is 0.755. The lowest BCUT2D eigenvalue weighted by Crippen LogP contribution is -2.33. The molecular weight excluding hydrogens is 190 g/mol. The van der Waals surface area contributed by atoms with E-state index in [0.29, 0.717) is 0 Å². The molecule has 2 fully saturated rings. The molecule has 1 N–H and O–H groups in total. The van der Waals surface area contributed by atoms with Gasteiger partial charge in [-0.15, -0.1) is 0 Å². The molecule has 2 atom stereocenters. The second-order valence-electron chi connectivity index (χ2n) is 5.07. The SMILES string of the molecule is CC(CC1CCC1)NCC1CCSC1. The van der Waals surface area contributed by atoms with Crippen LogP contribution in [0.25, 0.3) is 0 Å². The molecule has 1 aliphatic carbocycles. The normalized spacial score (nSPS) is 30.2. The van der Waals surface area contributed by atoms with Crippen molar-refractivity contribution in [2.45, 2.75) is 45.1 Å². The minimum atomic E-state index is 0.755. The van der Waals surface area contributed by atoms with E-state index in [-0.39, 0.29) is 0 Å². The van der Waals surface area contributed by atoms with E-state index in [1.54, 1.807) is 0 Å². The molecule has 0 radical (unpaired) electrons. The summed E-state index contributed by atoms with van der Waals surface area (Å²) < 4.78 is 0. The molecule has 0 amide bonds. The van der Waals surface area contributed by atoms with Gasteiger partial charge in [-0.1, -0.05) is 19.3 Å². The van der Waals surface area contributed by atoms with Crippen LogP contribution >= 0.6 is 11.8 Å². The fourth-order valence-corrected chi connectivity index (χ4v) is 3.71. The monoisotopic (exact) mass is 213 g/mol. The van der Waals surface area contributed by atoms with Crippen LogP contribution in [0.4, 0.5) is 0 Å². The Morgan fingerprint density at radius 1 is 1.29 bits per heavy atom. The highest BCUT2D eigenvalue weighted by Gasteiger charge is 2.21. The molecule has 0 spiro atoms. The molecule has 2 heteroatoms. The van der Waals surface area contributed by atoms with Gasteiger partial charge in [0, 0.05) is 6.04 Å². The Kier molecular flexibility index (Phi) is 4.18. The van der Waals surface area contributed by atoms with Crippen LogP contribution in [-0.2, 0) is 0 Å². The van der Waals surface area contributed by atoms with Crippen LogP contribution in [0.2, 0.25) is 0 Å². The topological polar surface area (TPSA) is 12.0 Å². The third-order valence-electron chi connectivity index (χ3n) is 3.69. The van der Waals surface area contributed by atoms with Gasteiger partial charge in [-0.3, -0.25) is 0 Å². The molecule has 1 saturated heterocycles. The maximum Gasteiger partial charge on any atom is 0.00414 e. The molecule has 1 heterocycles. The lowest BCUT2D eigenvalue weighted by molar-refractivity contribution is 0.263. The number of nitrogens with one attached hydrogen (secondary N) is 1. The molecule has 0 aromatic rings. The van der Waals surface area contributed by atoms with Crippen LogP contribution in [0.1, 0.15) is 39.0 Å². The number of hydrogen-bond acceptors (Lipinski definition) is 2. The molecular formula is C12H23NS. The van der Waals surface area contributed by atoms with Crippen molar-refractivity contribution < 1.29 is 0 Å². The molecule has 2 rings (SSSR count). The fourth-order valence-electron chi connectivity index (χ4n) is 2.42. The van der Waals surface area contributed by atoms with Crippen molar-refractivity contribution >= 4 is 11.8 Å². The highest BCUT2D eigenvalue weighted by Crippen LogP contribution is 2.30. The van der Waals surface area contributed by atoms with Gasteiger partial charge in [0.25, 0.3) is 0 Å². The van der Waals surface area contributed by atoms with E-state index in [9.17, 15) is 0 Å². The summed E-state index contributed by atoms with van der Waals surface area (Å²) in [5.74, 6) is 4.80. The van der Waals surface area contributed by atoms with E-state index >= 15 is 0 Å². The lowest BCUT2D eigenvalue weighted by Gasteiger charge is -2.29. The van der Waals surface area contributed by atoms with E-state index in [4.69, 9.17) is 0 Å². The molecule has 0 aromatic heterocycles. The van der Waals surface area contributed by atoms with Crippen LogP contribution in [-0.4, -0.2) is 24.1 Å². The van der Waals surface area contributed by atoms with Crippen molar-refractivity contribution in [1.29, 1.82) is 0 Å². The molecule has 82 valence electrons. The van der Waals surface area contributed by atoms with Gasteiger partial charge < -0.3 is 5.32 Å². The first-order chi connectivity index (χ1) is 6.84. The largest absolute Gasteiger partial charge is 0.314 e. The predicted octanol–water partition coefficient (Wildman–Crippen LogP) is 2.91. The summed E-state index contributed by atoms with van der Waals surface area (Å²) in [7, 11) is 0. The summed E-state index contributed by atoms with van der Waals surface area (Å²) in [4.78, 5) is 0. The van der Waals surface area contributed by atoms with Gasteiger partial charge >= 0.3 is 0 Å². The summed E-state index contributed by atoms with van der Waals surface area (Å²) in [6.07, 6.45) is 7.32. The van der Waals surface area contributed by atoms with Crippen molar-refractivity contribution in [2.75, 3.05) is 18.1 Å². The molecule has 1 nitrogen and oxygen atoms in total. The quantitative estimate of drug-likeness (QED) is 0.753. The molecule has 0 bridgehead atoms. The Hall–Kier alpha value is 0.310. The first-order valence-corrected chi connectivity index (χ1v) is 7.31. The summed E-state index contributed by atoms with van der Waals surface area (Å²) >= 11 is 2.12. The van der Waals surface area contributed by atoms with E-state index in [1.165, 1.54) is 50.2 Å². The maximum absolute atomic E-state index is 3.71. The Balaban J connectivity index is 1.54. The van der Waals surface area contributed by atoms with E-state index in [0.717, 1.165) is 17.9 Å². The van der Waals surface area contributed by atoms with Crippen molar-refractivity contribution in [3.63, 3.8) is 0 Å². The second-order valence-corrected chi connectivity index (χ2v) is 6.22. The molecule has 2 aliphatic rings. The van der Waals surface area contributed by atoms with Gasteiger partial charge in [0.15, 0.2) is 0 Å². The Morgan fingerprint density at radius 3 is 2.71 bits per heavy atom. The first-order valence-electron chi connectivity index (χ1n) is 6.15. The van der Waals surface area contributed by atoms with E-state index < -0.39 is 0 Å². The zero-order chi connectivity index (χ0) is 9.80. The third kappa shape index (κ3) is 3.16. The molecule has 14 heavy (non-hydrogen) atoms. The smallest absolute Gasteiger partial charge is 0.00414 e. The Bertz CT molecular complexity index is 162. The summed E-state index contributed by atoms with van der Waals surface area (Å²) in [5, 5.41) is 3.71. The zero-order valence-corrected chi connectivity index (χ0v) is 10.1. The average Bonchev–Trinajstić information content (AvgIpc) is 2.60. The maximum atomic E-state index is 3.71. The Labute approximate surface area is 92.4 Å². The number of hydrogen-bond donors (Lipinski definition) is 1. The highest BCUT2D eigenvalue weighted by molar-refractivity contribution is 7.99. The molecule has 1 aliphatic heterocycles. The Morgan fingerprint density at radius 2 is 2.14 bits per heavy atom. The van der Waals surface area contributed by atoms with Crippen molar-refractivity contribution in [3.8, 4) is 0 Å².